The molecule has 5 heteroatoms. The summed E-state index contributed by atoms with van der Waals surface area (Å²) in [5.41, 5.74) is 7.10. The summed E-state index contributed by atoms with van der Waals surface area (Å²) in [4.78, 5) is 0. The zero-order valence-electron chi connectivity index (χ0n) is 11.7. The molecule has 1 heterocycles. The maximum atomic E-state index is 6.28. The van der Waals surface area contributed by atoms with Gasteiger partial charge >= 0.3 is 0 Å². The van der Waals surface area contributed by atoms with Crippen molar-refractivity contribution >= 4 is 23.2 Å². The summed E-state index contributed by atoms with van der Waals surface area (Å²) in [6.07, 6.45) is 4.43. The molecule has 2 rings (SSSR count). The molecule has 1 aliphatic heterocycles. The third-order valence-electron chi connectivity index (χ3n) is 3.57. The van der Waals surface area contributed by atoms with Crippen molar-refractivity contribution in [2.45, 2.75) is 44.8 Å². The largest absolute Gasteiger partial charge is 0.492 e. The molecule has 0 aromatic heterocycles. The van der Waals surface area contributed by atoms with Gasteiger partial charge in [-0.15, -0.1) is 0 Å². The zero-order valence-corrected chi connectivity index (χ0v) is 13.2. The van der Waals surface area contributed by atoms with Crippen LogP contribution >= 0.6 is 23.2 Å². The van der Waals surface area contributed by atoms with Crippen LogP contribution in [0, 0.1) is 0 Å². The SMILES string of the molecule is CCOc1cc(Cl)c(C(N)CCC2CCCO2)cc1Cl. The highest BCUT2D eigenvalue weighted by Gasteiger charge is 2.19. The van der Waals surface area contributed by atoms with Gasteiger partial charge in [-0.25, -0.2) is 0 Å². The maximum absolute atomic E-state index is 6.28. The Morgan fingerprint density at radius 2 is 2.20 bits per heavy atom. The second-order valence-electron chi connectivity index (χ2n) is 5.06. The van der Waals surface area contributed by atoms with E-state index in [1.54, 1.807) is 6.07 Å². The Hall–Kier alpha value is -0.480. The van der Waals surface area contributed by atoms with Crippen molar-refractivity contribution in [3.63, 3.8) is 0 Å². The quantitative estimate of drug-likeness (QED) is 0.848. The summed E-state index contributed by atoms with van der Waals surface area (Å²) in [6, 6.07) is 3.43. The predicted octanol–water partition coefficient (Wildman–Crippen LogP) is 4.35. The van der Waals surface area contributed by atoms with Crippen LogP contribution in [0.3, 0.4) is 0 Å². The average molecular weight is 318 g/mol. The van der Waals surface area contributed by atoms with E-state index in [0.29, 0.717) is 28.5 Å². The van der Waals surface area contributed by atoms with E-state index in [1.165, 1.54) is 0 Å². The van der Waals surface area contributed by atoms with Gasteiger partial charge < -0.3 is 15.2 Å². The van der Waals surface area contributed by atoms with Gasteiger partial charge in [-0.3, -0.25) is 0 Å². The molecule has 0 bridgehead atoms. The Bertz CT molecular complexity index is 448. The Morgan fingerprint density at radius 3 is 2.85 bits per heavy atom. The second-order valence-corrected chi connectivity index (χ2v) is 5.87. The monoisotopic (exact) mass is 317 g/mol. The van der Waals surface area contributed by atoms with Gasteiger partial charge in [0.1, 0.15) is 5.75 Å². The first-order valence-corrected chi connectivity index (χ1v) is 7.86. The number of halogens is 2. The first-order valence-electron chi connectivity index (χ1n) is 7.10. The Balaban J connectivity index is 2.01. The molecule has 1 aliphatic rings. The molecule has 2 atom stereocenters. The number of ether oxygens (including phenoxy) is 2. The molecular formula is C15H21Cl2NO2. The van der Waals surface area contributed by atoms with Gasteiger partial charge in [-0.2, -0.15) is 0 Å². The lowest BCUT2D eigenvalue weighted by Crippen LogP contribution is -2.15. The maximum Gasteiger partial charge on any atom is 0.139 e. The first-order chi connectivity index (χ1) is 9.61. The van der Waals surface area contributed by atoms with Crippen molar-refractivity contribution in [3.05, 3.63) is 27.7 Å². The van der Waals surface area contributed by atoms with Gasteiger partial charge in [0, 0.05) is 23.7 Å². The fourth-order valence-corrected chi connectivity index (χ4v) is 3.01. The standard InChI is InChI=1S/C15H21Cl2NO2/c1-2-19-15-9-12(16)11(8-13(15)17)14(18)6-5-10-4-3-7-20-10/h8-10,14H,2-7,18H2,1H3. The van der Waals surface area contributed by atoms with Crippen molar-refractivity contribution in [2.24, 2.45) is 5.73 Å². The molecule has 112 valence electrons. The number of nitrogens with two attached hydrogens (primary N) is 1. The Labute approximate surface area is 130 Å². The average Bonchev–Trinajstić information content (AvgIpc) is 2.93. The molecule has 0 aliphatic carbocycles. The second kappa shape index (κ2) is 7.51. The van der Waals surface area contributed by atoms with Gasteiger partial charge in [-0.05, 0) is 44.2 Å². The van der Waals surface area contributed by atoms with Gasteiger partial charge in [0.05, 0.1) is 17.7 Å². The van der Waals surface area contributed by atoms with Crippen LogP contribution in [0.1, 0.15) is 44.2 Å². The van der Waals surface area contributed by atoms with E-state index >= 15 is 0 Å². The zero-order chi connectivity index (χ0) is 14.5. The number of benzene rings is 1. The van der Waals surface area contributed by atoms with Crippen molar-refractivity contribution in [1.82, 2.24) is 0 Å². The normalized spacial score (nSPS) is 20.1. The molecule has 1 fully saturated rings. The van der Waals surface area contributed by atoms with E-state index in [0.717, 1.165) is 37.9 Å². The topological polar surface area (TPSA) is 44.5 Å². The minimum Gasteiger partial charge on any atom is -0.492 e. The molecule has 1 saturated heterocycles. The number of hydrogen-bond donors (Lipinski definition) is 1. The smallest absolute Gasteiger partial charge is 0.139 e. The van der Waals surface area contributed by atoms with Crippen molar-refractivity contribution in [2.75, 3.05) is 13.2 Å². The molecule has 1 aromatic rings. The van der Waals surface area contributed by atoms with Crippen LogP contribution in [0.15, 0.2) is 12.1 Å². The molecular weight excluding hydrogens is 297 g/mol. The summed E-state index contributed by atoms with van der Waals surface area (Å²) < 4.78 is 11.0. The van der Waals surface area contributed by atoms with Crippen molar-refractivity contribution in [1.29, 1.82) is 0 Å². The van der Waals surface area contributed by atoms with Crippen molar-refractivity contribution < 1.29 is 9.47 Å². The first kappa shape index (κ1) is 15.9. The highest BCUT2D eigenvalue weighted by molar-refractivity contribution is 6.34. The highest BCUT2D eigenvalue weighted by Crippen LogP contribution is 2.35. The molecule has 2 N–H and O–H groups in total. The van der Waals surface area contributed by atoms with Gasteiger partial charge in [0.25, 0.3) is 0 Å². The van der Waals surface area contributed by atoms with E-state index in [4.69, 9.17) is 38.4 Å². The molecule has 1 aromatic carbocycles. The van der Waals surface area contributed by atoms with Gasteiger partial charge in [-0.1, -0.05) is 23.2 Å². The molecule has 0 saturated carbocycles. The van der Waals surface area contributed by atoms with Crippen molar-refractivity contribution in [3.8, 4) is 5.75 Å². The lowest BCUT2D eigenvalue weighted by atomic mass is 10.00. The molecule has 20 heavy (non-hydrogen) atoms. The van der Waals surface area contributed by atoms with E-state index < -0.39 is 0 Å². The minimum absolute atomic E-state index is 0.125. The van der Waals surface area contributed by atoms with Crippen LogP contribution in [-0.2, 0) is 4.74 Å². The minimum atomic E-state index is -0.125. The van der Waals surface area contributed by atoms with Crippen LogP contribution < -0.4 is 10.5 Å². The molecule has 3 nitrogen and oxygen atoms in total. The van der Waals surface area contributed by atoms with Crippen LogP contribution in [0.2, 0.25) is 10.0 Å². The fraction of sp³-hybridized carbons (Fsp3) is 0.600. The van der Waals surface area contributed by atoms with Gasteiger partial charge in [0.2, 0.25) is 0 Å². The summed E-state index contributed by atoms with van der Waals surface area (Å²) in [5, 5.41) is 1.16. The van der Waals surface area contributed by atoms with Crippen LogP contribution in [-0.4, -0.2) is 19.3 Å². The van der Waals surface area contributed by atoms with E-state index in [9.17, 15) is 0 Å². The Morgan fingerprint density at radius 1 is 1.40 bits per heavy atom. The Kier molecular flexibility index (Phi) is 5.97. The summed E-state index contributed by atoms with van der Waals surface area (Å²) in [6.45, 7) is 3.33. The van der Waals surface area contributed by atoms with E-state index in [1.807, 2.05) is 13.0 Å². The lowest BCUT2D eigenvalue weighted by Gasteiger charge is -2.17. The van der Waals surface area contributed by atoms with Crippen LogP contribution in [0.5, 0.6) is 5.75 Å². The van der Waals surface area contributed by atoms with Crippen LogP contribution in [0.25, 0.3) is 0 Å². The predicted molar refractivity (Wildman–Crippen MR) is 82.8 cm³/mol. The lowest BCUT2D eigenvalue weighted by molar-refractivity contribution is 0.101. The third-order valence-corrected chi connectivity index (χ3v) is 4.20. The number of rotatable bonds is 6. The summed E-state index contributed by atoms with van der Waals surface area (Å²) in [5.74, 6) is 0.606. The molecule has 2 unspecified atom stereocenters. The fourth-order valence-electron chi connectivity index (χ4n) is 2.49. The number of hydrogen-bond acceptors (Lipinski definition) is 3. The van der Waals surface area contributed by atoms with Crippen LogP contribution in [0.4, 0.5) is 0 Å². The third kappa shape index (κ3) is 4.01. The molecule has 0 spiro atoms. The summed E-state index contributed by atoms with van der Waals surface area (Å²) in [7, 11) is 0. The van der Waals surface area contributed by atoms with Gasteiger partial charge in [0.15, 0.2) is 0 Å². The highest BCUT2D eigenvalue weighted by atomic mass is 35.5. The van der Waals surface area contributed by atoms with E-state index in [2.05, 4.69) is 0 Å². The molecule has 0 amide bonds. The van der Waals surface area contributed by atoms with E-state index in [-0.39, 0.29) is 6.04 Å². The molecule has 0 radical (unpaired) electrons. The summed E-state index contributed by atoms with van der Waals surface area (Å²) >= 11 is 12.5.